The van der Waals surface area contributed by atoms with E-state index in [2.05, 4.69) is 15.3 Å². The molecule has 1 aliphatic rings. The molecule has 0 unspecified atom stereocenters. The Morgan fingerprint density at radius 2 is 1.91 bits per heavy atom. The quantitative estimate of drug-likeness (QED) is 0.913. The highest BCUT2D eigenvalue weighted by Crippen LogP contribution is 2.31. The maximum Gasteiger partial charge on any atom is 0.433 e. The Kier molecular flexibility index (Phi) is 4.96. The van der Waals surface area contributed by atoms with Crippen LogP contribution in [0.1, 0.15) is 25.5 Å². The second-order valence-corrected chi connectivity index (χ2v) is 5.77. The number of carbonyl (C=O) groups is 1. The van der Waals surface area contributed by atoms with Crippen LogP contribution < -0.4 is 15.1 Å². The zero-order valence-corrected chi connectivity index (χ0v) is 13.3. The number of nitrogens with zero attached hydrogens (tertiary/aromatic N) is 4. The van der Waals surface area contributed by atoms with E-state index in [4.69, 9.17) is 0 Å². The summed E-state index contributed by atoms with van der Waals surface area (Å²) in [5.74, 6) is 0.185. The lowest BCUT2D eigenvalue weighted by molar-refractivity contribution is -0.141. The third kappa shape index (κ3) is 4.46. The van der Waals surface area contributed by atoms with Crippen LogP contribution in [0.5, 0.6) is 0 Å². The molecule has 1 aromatic rings. The molecule has 0 aliphatic carbocycles. The molecule has 9 heteroatoms. The fourth-order valence-electron chi connectivity index (χ4n) is 2.45. The first-order valence-corrected chi connectivity index (χ1v) is 7.32. The van der Waals surface area contributed by atoms with Gasteiger partial charge in [0.15, 0.2) is 5.69 Å². The molecular weight excluding hydrogens is 311 g/mol. The Balaban J connectivity index is 2.19. The second-order valence-electron chi connectivity index (χ2n) is 5.77. The standard InChI is InChI=1S/C14H20F3N5O/c1-9(23)18-10-4-6-22(7-5-10)13-19-11(14(15,16)17)8-12(20-13)21(2)3/h8,10H,4-7H2,1-3H3,(H,18,23). The Hall–Kier alpha value is -2.06. The SMILES string of the molecule is CC(=O)NC1CCN(c2nc(N(C)C)cc(C(F)(F)F)n2)CC1. The molecule has 0 atom stereocenters. The number of hydrogen-bond acceptors (Lipinski definition) is 5. The molecule has 0 radical (unpaired) electrons. The molecule has 6 nitrogen and oxygen atoms in total. The maximum absolute atomic E-state index is 13.0. The molecule has 0 aromatic carbocycles. The van der Waals surface area contributed by atoms with Gasteiger partial charge in [-0.2, -0.15) is 18.2 Å². The van der Waals surface area contributed by atoms with Crippen LogP contribution in [-0.4, -0.2) is 49.1 Å². The molecule has 2 heterocycles. The van der Waals surface area contributed by atoms with Gasteiger partial charge in [0, 0.05) is 46.2 Å². The fraction of sp³-hybridized carbons (Fsp3) is 0.643. The van der Waals surface area contributed by atoms with E-state index in [0.29, 0.717) is 25.9 Å². The summed E-state index contributed by atoms with van der Waals surface area (Å²) in [6.45, 7) is 2.45. The van der Waals surface area contributed by atoms with Crippen molar-refractivity contribution in [2.75, 3.05) is 37.0 Å². The number of hydrogen-bond donors (Lipinski definition) is 1. The Morgan fingerprint density at radius 1 is 1.30 bits per heavy atom. The average molecular weight is 331 g/mol. The van der Waals surface area contributed by atoms with Crippen molar-refractivity contribution in [3.63, 3.8) is 0 Å². The molecule has 1 aromatic heterocycles. The smallest absolute Gasteiger partial charge is 0.363 e. The van der Waals surface area contributed by atoms with Gasteiger partial charge in [-0.05, 0) is 12.8 Å². The Bertz CT molecular complexity index is 568. The molecular formula is C14H20F3N5O. The number of rotatable bonds is 3. The van der Waals surface area contributed by atoms with Crippen LogP contribution in [0.3, 0.4) is 0 Å². The van der Waals surface area contributed by atoms with Crippen LogP contribution >= 0.6 is 0 Å². The highest BCUT2D eigenvalue weighted by molar-refractivity contribution is 5.73. The summed E-state index contributed by atoms with van der Waals surface area (Å²) in [6.07, 6.45) is -3.22. The number of anilines is 2. The van der Waals surface area contributed by atoms with E-state index in [0.717, 1.165) is 6.07 Å². The first-order chi connectivity index (χ1) is 10.7. The molecule has 1 fully saturated rings. The van der Waals surface area contributed by atoms with E-state index >= 15 is 0 Å². The predicted octanol–water partition coefficient (Wildman–Crippen LogP) is 1.67. The number of nitrogens with one attached hydrogen (secondary N) is 1. The normalized spacial score (nSPS) is 16.3. The van der Waals surface area contributed by atoms with E-state index in [1.165, 1.54) is 11.8 Å². The van der Waals surface area contributed by atoms with Crippen molar-refractivity contribution < 1.29 is 18.0 Å². The lowest BCUT2D eigenvalue weighted by Crippen LogP contribution is -2.44. The zero-order chi connectivity index (χ0) is 17.2. The van der Waals surface area contributed by atoms with Crippen LogP contribution in [0, 0.1) is 0 Å². The third-order valence-electron chi connectivity index (χ3n) is 3.63. The first kappa shape index (κ1) is 17.3. The van der Waals surface area contributed by atoms with Gasteiger partial charge in [0.05, 0.1) is 0 Å². The van der Waals surface area contributed by atoms with Gasteiger partial charge < -0.3 is 15.1 Å². The van der Waals surface area contributed by atoms with Crippen molar-refractivity contribution >= 4 is 17.7 Å². The molecule has 2 rings (SSSR count). The van der Waals surface area contributed by atoms with Crippen LogP contribution in [-0.2, 0) is 11.0 Å². The second kappa shape index (κ2) is 6.59. The number of halogens is 3. The topological polar surface area (TPSA) is 61.4 Å². The average Bonchev–Trinajstić information content (AvgIpc) is 2.46. The summed E-state index contributed by atoms with van der Waals surface area (Å²) < 4.78 is 39.0. The molecule has 1 aliphatic heterocycles. The number of alkyl halides is 3. The number of carbonyl (C=O) groups excluding carboxylic acids is 1. The molecule has 1 amide bonds. The summed E-state index contributed by atoms with van der Waals surface area (Å²) in [5, 5.41) is 2.82. The highest BCUT2D eigenvalue weighted by Gasteiger charge is 2.35. The molecule has 128 valence electrons. The largest absolute Gasteiger partial charge is 0.433 e. The van der Waals surface area contributed by atoms with Crippen LogP contribution in [0.4, 0.5) is 24.9 Å². The first-order valence-electron chi connectivity index (χ1n) is 7.32. The van der Waals surface area contributed by atoms with Crippen molar-refractivity contribution in [1.29, 1.82) is 0 Å². The van der Waals surface area contributed by atoms with Crippen molar-refractivity contribution in [2.24, 2.45) is 0 Å². The number of aromatic nitrogens is 2. The fourth-order valence-corrected chi connectivity index (χ4v) is 2.45. The van der Waals surface area contributed by atoms with Crippen molar-refractivity contribution in [3.8, 4) is 0 Å². The third-order valence-corrected chi connectivity index (χ3v) is 3.63. The molecule has 0 spiro atoms. The highest BCUT2D eigenvalue weighted by atomic mass is 19.4. The van der Waals surface area contributed by atoms with E-state index < -0.39 is 11.9 Å². The lowest BCUT2D eigenvalue weighted by Gasteiger charge is -2.32. The van der Waals surface area contributed by atoms with Crippen molar-refractivity contribution in [3.05, 3.63) is 11.8 Å². The minimum atomic E-state index is -4.52. The maximum atomic E-state index is 13.0. The van der Waals surface area contributed by atoms with E-state index in [1.54, 1.807) is 19.0 Å². The van der Waals surface area contributed by atoms with Crippen LogP contribution in [0.25, 0.3) is 0 Å². The van der Waals surface area contributed by atoms with E-state index in [1.807, 2.05) is 0 Å². The summed E-state index contributed by atoms with van der Waals surface area (Å²) in [4.78, 5) is 22.2. The minimum Gasteiger partial charge on any atom is -0.363 e. The predicted molar refractivity (Wildman–Crippen MR) is 80.4 cm³/mol. The van der Waals surface area contributed by atoms with Gasteiger partial charge in [-0.25, -0.2) is 4.98 Å². The van der Waals surface area contributed by atoms with Gasteiger partial charge in [0.2, 0.25) is 11.9 Å². The number of piperidine rings is 1. The van der Waals surface area contributed by atoms with Gasteiger partial charge in [-0.15, -0.1) is 0 Å². The van der Waals surface area contributed by atoms with Crippen LogP contribution in [0.2, 0.25) is 0 Å². The van der Waals surface area contributed by atoms with Gasteiger partial charge >= 0.3 is 6.18 Å². The Morgan fingerprint density at radius 3 is 2.39 bits per heavy atom. The summed E-state index contributed by atoms with van der Waals surface area (Å²) in [6, 6.07) is 0.982. The van der Waals surface area contributed by atoms with Gasteiger partial charge in [0.1, 0.15) is 5.82 Å². The lowest BCUT2D eigenvalue weighted by atomic mass is 10.1. The zero-order valence-electron chi connectivity index (χ0n) is 13.3. The van der Waals surface area contributed by atoms with Gasteiger partial charge in [-0.1, -0.05) is 0 Å². The minimum absolute atomic E-state index is 0.0443. The summed E-state index contributed by atoms with van der Waals surface area (Å²) in [7, 11) is 3.27. The molecule has 0 bridgehead atoms. The van der Waals surface area contributed by atoms with Crippen molar-refractivity contribution in [2.45, 2.75) is 32.0 Å². The summed E-state index contributed by atoms with van der Waals surface area (Å²) >= 11 is 0. The summed E-state index contributed by atoms with van der Waals surface area (Å²) in [5.41, 5.74) is -0.949. The molecule has 1 N–H and O–H groups in total. The van der Waals surface area contributed by atoms with Gasteiger partial charge in [-0.3, -0.25) is 4.79 Å². The van der Waals surface area contributed by atoms with Gasteiger partial charge in [0.25, 0.3) is 0 Å². The number of amides is 1. The monoisotopic (exact) mass is 331 g/mol. The van der Waals surface area contributed by atoms with Crippen molar-refractivity contribution in [1.82, 2.24) is 15.3 Å². The molecule has 0 saturated carbocycles. The molecule has 23 heavy (non-hydrogen) atoms. The van der Waals surface area contributed by atoms with E-state index in [-0.39, 0.29) is 23.7 Å². The molecule has 1 saturated heterocycles. The Labute approximate surface area is 132 Å². The van der Waals surface area contributed by atoms with Crippen LogP contribution in [0.15, 0.2) is 6.07 Å². The van der Waals surface area contributed by atoms with E-state index in [9.17, 15) is 18.0 Å².